The predicted molar refractivity (Wildman–Crippen MR) is 87.2 cm³/mol. The summed E-state index contributed by atoms with van der Waals surface area (Å²) < 4.78 is 5.57. The molecule has 4 nitrogen and oxygen atoms in total. The zero-order valence-corrected chi connectivity index (χ0v) is 13.5. The summed E-state index contributed by atoms with van der Waals surface area (Å²) in [5.41, 5.74) is 1.22. The Balaban J connectivity index is 0.00000289. The lowest BCUT2D eigenvalue weighted by molar-refractivity contribution is 0.336. The highest BCUT2D eigenvalue weighted by atomic mass is 127. The summed E-state index contributed by atoms with van der Waals surface area (Å²) in [6.45, 7) is 3.53. The van der Waals surface area contributed by atoms with Crippen molar-refractivity contribution >= 4 is 29.9 Å². The number of hydrogen-bond acceptors (Lipinski definition) is 2. The van der Waals surface area contributed by atoms with Gasteiger partial charge in [-0.15, -0.1) is 24.0 Å². The van der Waals surface area contributed by atoms with Crippen molar-refractivity contribution in [2.24, 2.45) is 4.99 Å². The number of aliphatic imine (C=N–C) groups is 1. The second-order valence-corrected chi connectivity index (χ2v) is 3.54. The van der Waals surface area contributed by atoms with Gasteiger partial charge in [0.15, 0.2) is 5.96 Å². The van der Waals surface area contributed by atoms with Gasteiger partial charge in [-0.1, -0.05) is 18.2 Å². The molecule has 0 bridgehead atoms. The highest BCUT2D eigenvalue weighted by molar-refractivity contribution is 14.0. The Bertz CT molecular complexity index is 369. The van der Waals surface area contributed by atoms with Gasteiger partial charge in [-0.05, 0) is 25.0 Å². The zero-order chi connectivity index (χ0) is 12.5. The van der Waals surface area contributed by atoms with Crippen molar-refractivity contribution in [2.75, 3.05) is 27.2 Å². The lowest BCUT2D eigenvalue weighted by Crippen LogP contribution is -2.35. The van der Waals surface area contributed by atoms with E-state index in [9.17, 15) is 0 Å². The van der Waals surface area contributed by atoms with Crippen molar-refractivity contribution in [1.29, 1.82) is 0 Å². The smallest absolute Gasteiger partial charge is 0.190 e. The second-order valence-electron chi connectivity index (χ2n) is 3.54. The first-order valence-electron chi connectivity index (χ1n) is 5.91. The van der Waals surface area contributed by atoms with Gasteiger partial charge >= 0.3 is 0 Å². The van der Waals surface area contributed by atoms with E-state index in [0.717, 1.165) is 24.7 Å². The molecule has 0 amide bonds. The Hall–Kier alpha value is -0.980. The molecular weight excluding hydrogens is 341 g/mol. The fourth-order valence-corrected chi connectivity index (χ4v) is 1.60. The lowest BCUT2D eigenvalue weighted by Gasteiger charge is -2.11. The molecule has 0 atom stereocenters. The molecular formula is C13H22IN3O. The van der Waals surface area contributed by atoms with E-state index in [2.05, 4.69) is 21.7 Å². The molecule has 0 saturated carbocycles. The van der Waals surface area contributed by atoms with Crippen LogP contribution in [-0.4, -0.2) is 33.2 Å². The first-order chi connectivity index (χ1) is 8.31. The fraction of sp³-hybridized carbons (Fsp3) is 0.462. The number of halogens is 1. The van der Waals surface area contributed by atoms with Gasteiger partial charge < -0.3 is 15.4 Å². The lowest BCUT2D eigenvalue weighted by atomic mass is 10.1. The summed E-state index contributed by atoms with van der Waals surface area (Å²) >= 11 is 0. The van der Waals surface area contributed by atoms with Crippen LogP contribution in [0.3, 0.4) is 0 Å². The minimum atomic E-state index is 0. The second kappa shape index (κ2) is 9.99. The molecule has 18 heavy (non-hydrogen) atoms. The quantitative estimate of drug-likeness (QED) is 0.478. The summed E-state index contributed by atoms with van der Waals surface area (Å²) in [7, 11) is 3.61. The van der Waals surface area contributed by atoms with Crippen molar-refractivity contribution in [3.63, 3.8) is 0 Å². The van der Waals surface area contributed by atoms with E-state index in [1.54, 1.807) is 7.05 Å². The molecule has 0 saturated heterocycles. The first-order valence-corrected chi connectivity index (χ1v) is 5.91. The highest BCUT2D eigenvalue weighted by Crippen LogP contribution is 2.17. The van der Waals surface area contributed by atoms with Crippen molar-refractivity contribution < 1.29 is 4.74 Å². The standard InChI is InChI=1S/C13H21N3O.HI/c1-4-17-12-8-6-5-7-11(12)9-10-16-13(14-2)15-3;/h5-8H,4,9-10H2,1-3H3,(H2,14,15,16);1H. The molecule has 0 aliphatic heterocycles. The Morgan fingerprint density at radius 2 is 2.06 bits per heavy atom. The third-order valence-electron chi connectivity index (χ3n) is 2.42. The number of guanidine groups is 1. The molecule has 0 spiro atoms. The summed E-state index contributed by atoms with van der Waals surface area (Å²) in [5, 5.41) is 6.21. The topological polar surface area (TPSA) is 45.6 Å². The molecule has 102 valence electrons. The van der Waals surface area contributed by atoms with Crippen LogP contribution in [0.15, 0.2) is 29.3 Å². The number of nitrogens with one attached hydrogen (secondary N) is 2. The predicted octanol–water partition coefficient (Wildman–Crippen LogP) is 2.04. The third-order valence-corrected chi connectivity index (χ3v) is 2.42. The van der Waals surface area contributed by atoms with Gasteiger partial charge in [-0.25, -0.2) is 0 Å². The third kappa shape index (κ3) is 5.57. The van der Waals surface area contributed by atoms with Gasteiger partial charge in [-0.3, -0.25) is 4.99 Å². The first kappa shape index (κ1) is 17.0. The van der Waals surface area contributed by atoms with E-state index in [0.29, 0.717) is 6.61 Å². The summed E-state index contributed by atoms with van der Waals surface area (Å²) in [6.07, 6.45) is 0.914. The normalized spacial score (nSPS) is 10.5. The number of ether oxygens (including phenoxy) is 1. The van der Waals surface area contributed by atoms with E-state index >= 15 is 0 Å². The maximum atomic E-state index is 5.57. The van der Waals surface area contributed by atoms with Crippen LogP contribution in [0.5, 0.6) is 5.75 Å². The molecule has 0 aliphatic carbocycles. The van der Waals surface area contributed by atoms with Crippen molar-refractivity contribution in [3.05, 3.63) is 29.8 Å². The van der Waals surface area contributed by atoms with Crippen molar-refractivity contribution in [3.8, 4) is 5.75 Å². The number of nitrogens with zero attached hydrogens (tertiary/aromatic N) is 1. The van der Waals surface area contributed by atoms with Crippen LogP contribution in [0.1, 0.15) is 12.5 Å². The van der Waals surface area contributed by atoms with Crippen LogP contribution < -0.4 is 15.4 Å². The van der Waals surface area contributed by atoms with Gasteiger partial charge in [0.25, 0.3) is 0 Å². The van der Waals surface area contributed by atoms with E-state index in [1.165, 1.54) is 5.56 Å². The van der Waals surface area contributed by atoms with Crippen molar-refractivity contribution in [2.45, 2.75) is 13.3 Å². The summed E-state index contributed by atoms with van der Waals surface area (Å²) in [5.74, 6) is 1.77. The van der Waals surface area contributed by atoms with Gasteiger partial charge in [0, 0.05) is 20.6 Å². The van der Waals surface area contributed by atoms with E-state index in [4.69, 9.17) is 4.74 Å². The average molecular weight is 363 g/mol. The number of benzene rings is 1. The maximum Gasteiger partial charge on any atom is 0.190 e. The average Bonchev–Trinajstić information content (AvgIpc) is 2.37. The molecule has 0 fully saturated rings. The SMILES string of the molecule is CCOc1ccccc1CCNC(=NC)NC.I. The Labute approximate surface area is 126 Å². The van der Waals surface area contributed by atoms with Crippen LogP contribution in [0.2, 0.25) is 0 Å². The molecule has 1 rings (SSSR count). The van der Waals surface area contributed by atoms with E-state index in [1.807, 2.05) is 32.2 Å². The summed E-state index contributed by atoms with van der Waals surface area (Å²) in [4.78, 5) is 4.06. The Morgan fingerprint density at radius 3 is 2.67 bits per heavy atom. The molecule has 0 aromatic heterocycles. The maximum absolute atomic E-state index is 5.57. The molecule has 5 heteroatoms. The molecule has 2 N–H and O–H groups in total. The largest absolute Gasteiger partial charge is 0.494 e. The number of para-hydroxylation sites is 1. The highest BCUT2D eigenvalue weighted by Gasteiger charge is 2.02. The number of rotatable bonds is 5. The molecule has 1 aromatic rings. The Kier molecular flexibility index (Phi) is 9.45. The van der Waals surface area contributed by atoms with Crippen LogP contribution in [0, 0.1) is 0 Å². The van der Waals surface area contributed by atoms with Gasteiger partial charge in [0.05, 0.1) is 6.61 Å². The monoisotopic (exact) mass is 363 g/mol. The van der Waals surface area contributed by atoms with E-state index < -0.39 is 0 Å². The minimum Gasteiger partial charge on any atom is -0.494 e. The molecule has 0 unspecified atom stereocenters. The van der Waals surface area contributed by atoms with Crippen LogP contribution >= 0.6 is 24.0 Å². The zero-order valence-electron chi connectivity index (χ0n) is 11.2. The molecule has 0 radical (unpaired) electrons. The molecule has 0 heterocycles. The van der Waals surface area contributed by atoms with E-state index in [-0.39, 0.29) is 24.0 Å². The van der Waals surface area contributed by atoms with Gasteiger partial charge in [0.1, 0.15) is 5.75 Å². The minimum absolute atomic E-state index is 0. The van der Waals surface area contributed by atoms with Crippen molar-refractivity contribution in [1.82, 2.24) is 10.6 Å². The van der Waals surface area contributed by atoms with Gasteiger partial charge in [-0.2, -0.15) is 0 Å². The van der Waals surface area contributed by atoms with Crippen LogP contribution in [-0.2, 0) is 6.42 Å². The summed E-state index contributed by atoms with van der Waals surface area (Å²) in [6, 6.07) is 8.12. The van der Waals surface area contributed by atoms with Gasteiger partial charge in [0.2, 0.25) is 0 Å². The van der Waals surface area contributed by atoms with Crippen LogP contribution in [0.4, 0.5) is 0 Å². The molecule has 0 aliphatic rings. The molecule has 1 aromatic carbocycles. The Morgan fingerprint density at radius 1 is 1.33 bits per heavy atom. The van der Waals surface area contributed by atoms with Crippen LogP contribution in [0.25, 0.3) is 0 Å². The number of hydrogen-bond donors (Lipinski definition) is 2. The fourth-order valence-electron chi connectivity index (χ4n) is 1.60.